The average molecular weight is 264 g/mol. The molecule has 0 aromatic carbocycles. The zero-order valence-corrected chi connectivity index (χ0v) is 12.1. The van der Waals surface area contributed by atoms with Crippen LogP contribution in [0.3, 0.4) is 0 Å². The van der Waals surface area contributed by atoms with Gasteiger partial charge in [-0.2, -0.15) is 4.98 Å². The van der Waals surface area contributed by atoms with Crippen LogP contribution >= 0.6 is 0 Å². The van der Waals surface area contributed by atoms with Gasteiger partial charge in [-0.25, -0.2) is 4.98 Å². The standard InChI is InChI=1S/C14H24N4O/c1-4-6-15-14-16-11(3)8-13(17-14)18-7-5-10(2)12(19)9-18/h8,10,12,19H,4-7,9H2,1-3H3,(H,15,16,17). The summed E-state index contributed by atoms with van der Waals surface area (Å²) in [5, 5.41) is 13.2. The lowest BCUT2D eigenvalue weighted by Gasteiger charge is -2.35. The molecule has 1 aromatic heterocycles. The molecule has 2 atom stereocenters. The highest BCUT2D eigenvalue weighted by atomic mass is 16.3. The van der Waals surface area contributed by atoms with E-state index in [-0.39, 0.29) is 6.10 Å². The fourth-order valence-corrected chi connectivity index (χ4v) is 2.29. The van der Waals surface area contributed by atoms with Gasteiger partial charge in [-0.3, -0.25) is 0 Å². The van der Waals surface area contributed by atoms with Crippen molar-refractivity contribution in [3.8, 4) is 0 Å². The van der Waals surface area contributed by atoms with Gasteiger partial charge >= 0.3 is 0 Å². The van der Waals surface area contributed by atoms with Gasteiger partial charge in [0.05, 0.1) is 6.10 Å². The molecular weight excluding hydrogens is 240 g/mol. The molecule has 5 nitrogen and oxygen atoms in total. The molecule has 1 aliphatic rings. The van der Waals surface area contributed by atoms with Crippen molar-refractivity contribution in [2.45, 2.75) is 39.7 Å². The van der Waals surface area contributed by atoms with Crippen LogP contribution in [0, 0.1) is 12.8 Å². The van der Waals surface area contributed by atoms with Gasteiger partial charge in [-0.15, -0.1) is 0 Å². The van der Waals surface area contributed by atoms with Crippen LogP contribution in [-0.4, -0.2) is 40.8 Å². The van der Waals surface area contributed by atoms with Crippen LogP contribution in [0.5, 0.6) is 0 Å². The Bertz CT molecular complexity index is 424. The van der Waals surface area contributed by atoms with E-state index >= 15 is 0 Å². The van der Waals surface area contributed by atoms with Crippen LogP contribution in [0.1, 0.15) is 32.4 Å². The summed E-state index contributed by atoms with van der Waals surface area (Å²) < 4.78 is 0. The third-order valence-electron chi connectivity index (χ3n) is 3.62. The Labute approximate surface area is 115 Å². The van der Waals surface area contributed by atoms with E-state index in [0.717, 1.165) is 37.4 Å². The first-order chi connectivity index (χ1) is 9.10. The minimum Gasteiger partial charge on any atom is -0.391 e. The first kappa shape index (κ1) is 14.1. The number of β-amino-alcohol motifs (C(OH)–C–C–N with tert-alkyl or cyclic N) is 1. The summed E-state index contributed by atoms with van der Waals surface area (Å²) in [4.78, 5) is 11.1. The third-order valence-corrected chi connectivity index (χ3v) is 3.62. The summed E-state index contributed by atoms with van der Waals surface area (Å²) >= 11 is 0. The van der Waals surface area contributed by atoms with E-state index in [1.165, 1.54) is 0 Å². The highest BCUT2D eigenvalue weighted by molar-refractivity contribution is 5.45. The van der Waals surface area contributed by atoms with Crippen LogP contribution in [0.4, 0.5) is 11.8 Å². The van der Waals surface area contributed by atoms with Gasteiger partial charge in [-0.1, -0.05) is 13.8 Å². The first-order valence-electron chi connectivity index (χ1n) is 7.12. The second-order valence-corrected chi connectivity index (χ2v) is 5.40. The zero-order valence-electron chi connectivity index (χ0n) is 12.1. The molecule has 1 aliphatic heterocycles. The molecule has 0 saturated carbocycles. The van der Waals surface area contributed by atoms with Crippen molar-refractivity contribution in [1.82, 2.24) is 9.97 Å². The van der Waals surface area contributed by atoms with E-state index in [2.05, 4.69) is 34.0 Å². The number of hydrogen-bond donors (Lipinski definition) is 2. The van der Waals surface area contributed by atoms with E-state index in [1.54, 1.807) is 0 Å². The number of aliphatic hydroxyl groups excluding tert-OH is 1. The molecule has 5 heteroatoms. The monoisotopic (exact) mass is 264 g/mol. The van der Waals surface area contributed by atoms with E-state index in [9.17, 15) is 5.11 Å². The van der Waals surface area contributed by atoms with Crippen molar-refractivity contribution in [3.63, 3.8) is 0 Å². The number of aryl methyl sites for hydroxylation is 1. The highest BCUT2D eigenvalue weighted by Crippen LogP contribution is 2.23. The quantitative estimate of drug-likeness (QED) is 0.868. The predicted molar refractivity (Wildman–Crippen MR) is 77.6 cm³/mol. The smallest absolute Gasteiger partial charge is 0.224 e. The predicted octanol–water partition coefficient (Wildman–Crippen LogP) is 1.81. The first-order valence-corrected chi connectivity index (χ1v) is 7.12. The average Bonchev–Trinajstić information content (AvgIpc) is 2.39. The molecule has 1 saturated heterocycles. The number of hydrogen-bond acceptors (Lipinski definition) is 5. The topological polar surface area (TPSA) is 61.3 Å². The molecule has 0 bridgehead atoms. The van der Waals surface area contributed by atoms with Crippen LogP contribution in [0.15, 0.2) is 6.07 Å². The van der Waals surface area contributed by atoms with E-state index in [0.29, 0.717) is 18.4 Å². The molecule has 2 heterocycles. The number of anilines is 2. The third kappa shape index (κ3) is 3.56. The number of aromatic nitrogens is 2. The molecule has 0 radical (unpaired) electrons. The second-order valence-electron chi connectivity index (χ2n) is 5.40. The van der Waals surface area contributed by atoms with Crippen molar-refractivity contribution in [1.29, 1.82) is 0 Å². The minimum atomic E-state index is -0.268. The maximum absolute atomic E-state index is 9.99. The van der Waals surface area contributed by atoms with Gasteiger partial charge in [0.1, 0.15) is 5.82 Å². The Morgan fingerprint density at radius 2 is 2.26 bits per heavy atom. The SMILES string of the molecule is CCCNc1nc(C)cc(N2CCC(C)C(O)C2)n1. The Hall–Kier alpha value is -1.36. The molecule has 19 heavy (non-hydrogen) atoms. The summed E-state index contributed by atoms with van der Waals surface area (Å²) in [5.74, 6) is 1.97. The van der Waals surface area contributed by atoms with Crippen molar-refractivity contribution in [3.05, 3.63) is 11.8 Å². The largest absolute Gasteiger partial charge is 0.391 e. The van der Waals surface area contributed by atoms with Crippen LogP contribution < -0.4 is 10.2 Å². The Kier molecular flexibility index (Phi) is 4.58. The molecule has 0 spiro atoms. The van der Waals surface area contributed by atoms with Gasteiger partial charge in [0, 0.05) is 31.4 Å². The summed E-state index contributed by atoms with van der Waals surface area (Å²) in [5.41, 5.74) is 0.955. The molecule has 1 aromatic rings. The lowest BCUT2D eigenvalue weighted by atomic mass is 9.96. The molecule has 2 unspecified atom stereocenters. The lowest BCUT2D eigenvalue weighted by molar-refractivity contribution is 0.102. The Balaban J connectivity index is 2.13. The van der Waals surface area contributed by atoms with Crippen molar-refractivity contribution in [2.75, 3.05) is 29.9 Å². The summed E-state index contributed by atoms with van der Waals surface area (Å²) in [7, 11) is 0. The number of nitrogens with one attached hydrogen (secondary N) is 1. The van der Waals surface area contributed by atoms with Crippen LogP contribution in [0.25, 0.3) is 0 Å². The van der Waals surface area contributed by atoms with E-state index in [1.807, 2.05) is 13.0 Å². The van der Waals surface area contributed by atoms with E-state index in [4.69, 9.17) is 0 Å². The van der Waals surface area contributed by atoms with Gasteiger partial charge < -0.3 is 15.3 Å². The summed E-state index contributed by atoms with van der Waals surface area (Å²) in [6.45, 7) is 8.67. The number of nitrogens with zero attached hydrogens (tertiary/aromatic N) is 3. The summed E-state index contributed by atoms with van der Waals surface area (Å²) in [6.07, 6.45) is 1.78. The number of rotatable bonds is 4. The molecule has 106 valence electrons. The van der Waals surface area contributed by atoms with Crippen molar-refractivity contribution >= 4 is 11.8 Å². The van der Waals surface area contributed by atoms with Crippen LogP contribution in [0.2, 0.25) is 0 Å². The van der Waals surface area contributed by atoms with Gasteiger partial charge in [0.2, 0.25) is 5.95 Å². The Morgan fingerprint density at radius 1 is 1.47 bits per heavy atom. The van der Waals surface area contributed by atoms with Gasteiger partial charge in [0.15, 0.2) is 0 Å². The van der Waals surface area contributed by atoms with Crippen LogP contribution in [-0.2, 0) is 0 Å². The maximum Gasteiger partial charge on any atom is 0.224 e. The number of piperidine rings is 1. The second kappa shape index (κ2) is 6.19. The molecule has 0 amide bonds. The maximum atomic E-state index is 9.99. The molecule has 1 fully saturated rings. The van der Waals surface area contributed by atoms with Crippen molar-refractivity contribution < 1.29 is 5.11 Å². The molecular formula is C14H24N4O. The highest BCUT2D eigenvalue weighted by Gasteiger charge is 2.25. The van der Waals surface area contributed by atoms with Gasteiger partial charge in [0.25, 0.3) is 0 Å². The zero-order chi connectivity index (χ0) is 13.8. The fraction of sp³-hybridized carbons (Fsp3) is 0.714. The van der Waals surface area contributed by atoms with Crippen molar-refractivity contribution in [2.24, 2.45) is 5.92 Å². The van der Waals surface area contributed by atoms with Gasteiger partial charge in [-0.05, 0) is 25.7 Å². The normalized spacial score (nSPS) is 23.5. The number of aliphatic hydroxyl groups is 1. The molecule has 0 aliphatic carbocycles. The molecule has 2 N–H and O–H groups in total. The molecule has 2 rings (SSSR count). The lowest BCUT2D eigenvalue weighted by Crippen LogP contribution is -2.43. The summed E-state index contributed by atoms with van der Waals surface area (Å²) in [6, 6.07) is 1.99. The fourth-order valence-electron chi connectivity index (χ4n) is 2.29. The minimum absolute atomic E-state index is 0.268. The Morgan fingerprint density at radius 3 is 2.95 bits per heavy atom. The van der Waals surface area contributed by atoms with E-state index < -0.39 is 0 Å².